The van der Waals surface area contributed by atoms with E-state index in [-0.39, 0.29) is 11.4 Å². The van der Waals surface area contributed by atoms with Gasteiger partial charge in [-0.15, -0.1) is 11.8 Å². The molecule has 0 aromatic carbocycles. The molecule has 3 atom stereocenters. The molecular formula is C13H21NO2S. The molecule has 96 valence electrons. The highest BCUT2D eigenvalue weighted by atomic mass is 32.2. The fourth-order valence-corrected chi connectivity index (χ4v) is 4.86. The van der Waals surface area contributed by atoms with Gasteiger partial charge in [0.05, 0.1) is 11.4 Å². The predicted octanol–water partition coefficient (Wildman–Crippen LogP) is 1.79. The molecule has 3 fully saturated rings. The van der Waals surface area contributed by atoms with E-state index in [4.69, 9.17) is 0 Å². The molecule has 2 bridgehead atoms. The number of aliphatic hydroxyl groups is 1. The van der Waals surface area contributed by atoms with Crippen LogP contribution in [0.3, 0.4) is 0 Å². The molecule has 3 unspecified atom stereocenters. The highest BCUT2D eigenvalue weighted by Gasteiger charge is 2.44. The molecule has 4 heteroatoms. The van der Waals surface area contributed by atoms with E-state index in [9.17, 15) is 9.90 Å². The van der Waals surface area contributed by atoms with Crippen molar-refractivity contribution in [3.05, 3.63) is 0 Å². The highest BCUT2D eigenvalue weighted by molar-refractivity contribution is 8.00. The lowest BCUT2D eigenvalue weighted by Gasteiger charge is -2.39. The van der Waals surface area contributed by atoms with Crippen molar-refractivity contribution in [2.75, 3.05) is 5.75 Å². The Kier molecular flexibility index (Phi) is 3.35. The Balaban J connectivity index is 1.69. The third-order valence-corrected chi connectivity index (χ3v) is 5.78. The lowest BCUT2D eigenvalue weighted by Crippen LogP contribution is -2.51. The third kappa shape index (κ3) is 2.22. The van der Waals surface area contributed by atoms with Crippen molar-refractivity contribution in [2.24, 2.45) is 0 Å². The van der Waals surface area contributed by atoms with Gasteiger partial charge in [0.2, 0.25) is 5.91 Å². The van der Waals surface area contributed by atoms with E-state index >= 15 is 0 Å². The molecule has 0 aromatic heterocycles. The van der Waals surface area contributed by atoms with Gasteiger partial charge >= 0.3 is 0 Å². The number of piperidine rings is 1. The molecule has 17 heavy (non-hydrogen) atoms. The minimum absolute atomic E-state index is 0.171. The van der Waals surface area contributed by atoms with E-state index in [2.05, 4.69) is 4.90 Å². The predicted molar refractivity (Wildman–Crippen MR) is 69.0 cm³/mol. The summed E-state index contributed by atoms with van der Waals surface area (Å²) in [4.78, 5) is 14.7. The van der Waals surface area contributed by atoms with Crippen LogP contribution in [0.1, 0.15) is 44.9 Å². The van der Waals surface area contributed by atoms with Crippen LogP contribution in [0.15, 0.2) is 0 Å². The van der Waals surface area contributed by atoms with Crippen molar-refractivity contribution in [3.8, 4) is 0 Å². The molecule has 0 aliphatic carbocycles. The summed E-state index contributed by atoms with van der Waals surface area (Å²) in [5.41, 5.74) is 0. The summed E-state index contributed by atoms with van der Waals surface area (Å²) in [7, 11) is 0. The summed E-state index contributed by atoms with van der Waals surface area (Å²) in [5, 5.41) is 9.97. The summed E-state index contributed by atoms with van der Waals surface area (Å²) >= 11 is 1.84. The Bertz CT molecular complexity index is 290. The number of carbonyl (C=O) groups excluding carboxylic acids is 1. The number of hydrogen-bond acceptors (Lipinski definition) is 3. The van der Waals surface area contributed by atoms with E-state index < -0.39 is 0 Å². The first kappa shape index (κ1) is 11.8. The average Bonchev–Trinajstić information content (AvgIpc) is 2.62. The number of rotatable bonds is 1. The maximum atomic E-state index is 12.5. The second-order valence-electron chi connectivity index (χ2n) is 5.61. The second-order valence-corrected chi connectivity index (χ2v) is 6.92. The van der Waals surface area contributed by atoms with Crippen LogP contribution in [0, 0.1) is 0 Å². The Morgan fingerprint density at radius 1 is 1.12 bits per heavy atom. The SMILES string of the molecule is O=C(C1CCCCS1)N1C2CCC1CC(O)C2. The first-order valence-electron chi connectivity index (χ1n) is 6.87. The van der Waals surface area contributed by atoms with E-state index in [1.807, 2.05) is 11.8 Å². The number of nitrogens with zero attached hydrogens (tertiary/aromatic N) is 1. The van der Waals surface area contributed by atoms with Gasteiger partial charge in [0.25, 0.3) is 0 Å². The third-order valence-electron chi connectivity index (χ3n) is 4.42. The number of aliphatic hydroxyl groups excluding tert-OH is 1. The lowest BCUT2D eigenvalue weighted by molar-refractivity contribution is -0.137. The molecule has 1 N–H and O–H groups in total. The van der Waals surface area contributed by atoms with Gasteiger partial charge in [0.15, 0.2) is 0 Å². The van der Waals surface area contributed by atoms with Gasteiger partial charge in [-0.25, -0.2) is 0 Å². The first-order chi connectivity index (χ1) is 8.25. The second kappa shape index (κ2) is 4.81. The Morgan fingerprint density at radius 3 is 2.41 bits per heavy atom. The zero-order valence-corrected chi connectivity index (χ0v) is 11.0. The van der Waals surface area contributed by atoms with Crippen LogP contribution in [0.25, 0.3) is 0 Å². The van der Waals surface area contributed by atoms with E-state index in [0.29, 0.717) is 18.0 Å². The van der Waals surface area contributed by atoms with Crippen molar-refractivity contribution in [3.63, 3.8) is 0 Å². The van der Waals surface area contributed by atoms with Gasteiger partial charge < -0.3 is 10.0 Å². The van der Waals surface area contributed by atoms with Gasteiger partial charge in [0.1, 0.15) is 0 Å². The van der Waals surface area contributed by atoms with Crippen molar-refractivity contribution in [1.82, 2.24) is 4.90 Å². The lowest BCUT2D eigenvalue weighted by atomic mass is 9.99. The molecule has 0 spiro atoms. The molecule has 3 aliphatic rings. The maximum Gasteiger partial charge on any atom is 0.236 e. The molecule has 1 amide bonds. The number of amides is 1. The van der Waals surface area contributed by atoms with Gasteiger partial charge in [-0.3, -0.25) is 4.79 Å². The van der Waals surface area contributed by atoms with Crippen molar-refractivity contribution < 1.29 is 9.90 Å². The van der Waals surface area contributed by atoms with Crippen LogP contribution in [0.2, 0.25) is 0 Å². The van der Waals surface area contributed by atoms with Crippen LogP contribution in [0.5, 0.6) is 0 Å². The number of carbonyl (C=O) groups is 1. The fraction of sp³-hybridized carbons (Fsp3) is 0.923. The van der Waals surface area contributed by atoms with E-state index in [1.54, 1.807) is 0 Å². The first-order valence-corrected chi connectivity index (χ1v) is 7.92. The molecule has 3 heterocycles. The van der Waals surface area contributed by atoms with Crippen molar-refractivity contribution >= 4 is 17.7 Å². The summed E-state index contributed by atoms with van der Waals surface area (Å²) in [5.74, 6) is 1.51. The van der Waals surface area contributed by atoms with E-state index in [0.717, 1.165) is 37.9 Å². The molecule has 3 nitrogen and oxygen atoms in total. The smallest absolute Gasteiger partial charge is 0.236 e. The monoisotopic (exact) mass is 255 g/mol. The molecule has 3 saturated heterocycles. The van der Waals surface area contributed by atoms with Gasteiger partial charge in [-0.1, -0.05) is 6.42 Å². The summed E-state index contributed by atoms with van der Waals surface area (Å²) in [6.45, 7) is 0. The Labute approximate surface area is 107 Å². The van der Waals surface area contributed by atoms with Crippen molar-refractivity contribution in [1.29, 1.82) is 0 Å². The summed E-state index contributed by atoms with van der Waals surface area (Å²) < 4.78 is 0. The quantitative estimate of drug-likeness (QED) is 0.776. The fourth-order valence-electron chi connectivity index (χ4n) is 3.61. The normalized spacial score (nSPS) is 41.6. The van der Waals surface area contributed by atoms with Crippen molar-refractivity contribution in [2.45, 2.75) is 68.4 Å². The topological polar surface area (TPSA) is 40.5 Å². The van der Waals surface area contributed by atoms with E-state index in [1.165, 1.54) is 12.8 Å². The van der Waals surface area contributed by atoms with Crippen LogP contribution in [-0.2, 0) is 4.79 Å². The zero-order chi connectivity index (χ0) is 11.8. The van der Waals surface area contributed by atoms with Gasteiger partial charge in [0, 0.05) is 12.1 Å². The maximum absolute atomic E-state index is 12.5. The molecule has 0 aromatic rings. The number of fused-ring (bicyclic) bond motifs is 2. The van der Waals surface area contributed by atoms with Crippen LogP contribution in [0.4, 0.5) is 0 Å². The molecule has 3 aliphatic heterocycles. The summed E-state index contributed by atoms with van der Waals surface area (Å²) in [6, 6.07) is 0.664. The molecular weight excluding hydrogens is 234 g/mol. The Hall–Kier alpha value is -0.220. The number of thioether (sulfide) groups is 1. The van der Waals surface area contributed by atoms with Crippen LogP contribution in [-0.4, -0.2) is 45.1 Å². The Morgan fingerprint density at radius 2 is 1.82 bits per heavy atom. The molecule has 0 radical (unpaired) electrons. The summed E-state index contributed by atoms with van der Waals surface area (Å²) in [6.07, 6.45) is 7.17. The average molecular weight is 255 g/mol. The largest absolute Gasteiger partial charge is 0.393 e. The van der Waals surface area contributed by atoms with Gasteiger partial charge in [-0.2, -0.15) is 0 Å². The molecule has 0 saturated carbocycles. The number of hydrogen-bond donors (Lipinski definition) is 1. The zero-order valence-electron chi connectivity index (χ0n) is 10.2. The van der Waals surface area contributed by atoms with Crippen LogP contribution >= 0.6 is 11.8 Å². The molecule has 3 rings (SSSR count). The minimum Gasteiger partial charge on any atom is -0.393 e. The van der Waals surface area contributed by atoms with Gasteiger partial charge in [-0.05, 0) is 44.3 Å². The highest BCUT2D eigenvalue weighted by Crippen LogP contribution is 2.38. The standard InChI is InChI=1S/C13H21NO2S/c15-11-7-9-4-5-10(8-11)14(9)13(16)12-3-1-2-6-17-12/h9-12,15H,1-8H2. The minimum atomic E-state index is -0.171. The van der Waals surface area contributed by atoms with Crippen LogP contribution < -0.4 is 0 Å².